The van der Waals surface area contributed by atoms with Gasteiger partial charge in [0, 0.05) is 43.0 Å². The minimum atomic E-state index is -0.0315. The van der Waals surface area contributed by atoms with Crippen LogP contribution in [0.25, 0.3) is 81.0 Å². The predicted molar refractivity (Wildman–Crippen MR) is 184 cm³/mol. The Morgan fingerprint density at radius 3 is 2.37 bits per heavy atom. The van der Waals surface area contributed by atoms with Gasteiger partial charge < -0.3 is 14.0 Å². The Morgan fingerprint density at radius 2 is 1.49 bits per heavy atom. The van der Waals surface area contributed by atoms with E-state index in [0.29, 0.717) is 0 Å². The lowest BCUT2D eigenvalue weighted by Gasteiger charge is -2.28. The predicted octanol–water partition coefficient (Wildman–Crippen LogP) is 9.31. The molecule has 0 bridgehead atoms. The molecule has 43 heavy (non-hydrogen) atoms. The third-order valence-electron chi connectivity index (χ3n) is 9.34. The van der Waals surface area contributed by atoms with Gasteiger partial charge in [0.05, 0.1) is 21.3 Å². The smallest absolute Gasteiger partial charge is 0.197 e. The fraction of sp³-hybridized carbons (Fsp3) is 0.105. The van der Waals surface area contributed by atoms with Crippen molar-refractivity contribution in [2.45, 2.75) is 26.2 Å². The zero-order chi connectivity index (χ0) is 28.6. The molecule has 5 heteroatoms. The number of furan rings is 1. The average molecular weight is 570 g/mol. The summed E-state index contributed by atoms with van der Waals surface area (Å²) in [5.74, 6) is 0. The highest BCUT2D eigenvalue weighted by Crippen LogP contribution is 2.44. The standard InChI is InChI=1S/C38H26BN2OS/c1-38(2,3)20-18-26(21-12-8-13-24-32(21)40-33-22-10-4-6-16-29(22)42-36(24)33)31-28(19-20)41-34-25(14-9-15-27(34)39-31)37-35(41)23-11-5-7-17-30(23)43-37/h4-19,40H,1-3H3. The first-order chi connectivity index (χ1) is 21.0. The van der Waals surface area contributed by atoms with Crippen LogP contribution in [0.15, 0.2) is 101 Å². The van der Waals surface area contributed by atoms with Crippen LogP contribution in [-0.4, -0.2) is 16.8 Å². The number of nitrogens with zero attached hydrogens (tertiary/aromatic N) is 1. The van der Waals surface area contributed by atoms with Crippen LogP contribution < -0.4 is 10.9 Å². The van der Waals surface area contributed by atoms with Crippen LogP contribution in [0.3, 0.4) is 0 Å². The summed E-state index contributed by atoms with van der Waals surface area (Å²) in [5, 5.41) is 4.88. The molecule has 1 radical (unpaired) electrons. The van der Waals surface area contributed by atoms with E-state index in [1.54, 1.807) is 0 Å². The number of thiophene rings is 1. The first-order valence-corrected chi connectivity index (χ1v) is 15.7. The molecule has 0 amide bonds. The van der Waals surface area contributed by atoms with Crippen molar-refractivity contribution in [3.05, 3.63) is 103 Å². The van der Waals surface area contributed by atoms with Crippen molar-refractivity contribution in [2.24, 2.45) is 0 Å². The van der Waals surface area contributed by atoms with E-state index in [2.05, 4.69) is 123 Å². The van der Waals surface area contributed by atoms with Crippen molar-refractivity contribution in [1.82, 2.24) is 9.55 Å². The fourth-order valence-electron chi connectivity index (χ4n) is 7.27. The Hall–Kier alpha value is -4.74. The fourth-order valence-corrected chi connectivity index (χ4v) is 8.48. The van der Waals surface area contributed by atoms with Crippen molar-refractivity contribution >= 4 is 93.7 Å². The zero-order valence-corrected chi connectivity index (χ0v) is 24.9. The maximum absolute atomic E-state index is 6.40. The first-order valence-electron chi connectivity index (χ1n) is 14.9. The van der Waals surface area contributed by atoms with Crippen molar-refractivity contribution in [3.8, 4) is 16.8 Å². The number of H-pyrrole nitrogens is 1. The molecule has 10 rings (SSSR count). The average Bonchev–Trinajstić information content (AvgIpc) is 3.75. The van der Waals surface area contributed by atoms with Gasteiger partial charge in [-0.05, 0) is 52.3 Å². The van der Waals surface area contributed by atoms with Crippen molar-refractivity contribution in [1.29, 1.82) is 0 Å². The summed E-state index contributed by atoms with van der Waals surface area (Å²) in [5.41, 5.74) is 14.1. The molecule has 5 aromatic carbocycles. The summed E-state index contributed by atoms with van der Waals surface area (Å²) in [6.07, 6.45) is 0. The molecule has 3 nitrogen and oxygen atoms in total. The van der Waals surface area contributed by atoms with Gasteiger partial charge in [0.15, 0.2) is 12.9 Å². The second-order valence-corrected chi connectivity index (χ2v) is 13.9. The molecule has 0 atom stereocenters. The molecule has 0 spiro atoms. The summed E-state index contributed by atoms with van der Waals surface area (Å²) in [7, 11) is 2.41. The molecule has 203 valence electrons. The molecule has 1 N–H and O–H groups in total. The van der Waals surface area contributed by atoms with Crippen LogP contribution >= 0.6 is 11.3 Å². The Bertz CT molecular complexity index is 2640. The molecule has 0 saturated heterocycles. The van der Waals surface area contributed by atoms with E-state index in [4.69, 9.17) is 4.42 Å². The lowest BCUT2D eigenvalue weighted by atomic mass is 9.58. The van der Waals surface area contributed by atoms with Crippen LogP contribution in [0.5, 0.6) is 0 Å². The van der Waals surface area contributed by atoms with Gasteiger partial charge in [0.2, 0.25) is 0 Å². The highest BCUT2D eigenvalue weighted by atomic mass is 32.1. The number of nitrogens with one attached hydrogen (secondary N) is 1. The van der Waals surface area contributed by atoms with Crippen molar-refractivity contribution in [2.75, 3.05) is 0 Å². The number of hydrogen-bond acceptors (Lipinski definition) is 2. The van der Waals surface area contributed by atoms with E-state index in [0.717, 1.165) is 33.0 Å². The van der Waals surface area contributed by atoms with Gasteiger partial charge >= 0.3 is 0 Å². The molecule has 1 aliphatic rings. The number of fused-ring (bicyclic) bond motifs is 12. The maximum Gasteiger partial charge on any atom is 0.197 e. The molecular formula is C38H26BN2OS. The largest absolute Gasteiger partial charge is 0.454 e. The van der Waals surface area contributed by atoms with Crippen LogP contribution in [0, 0.1) is 0 Å². The summed E-state index contributed by atoms with van der Waals surface area (Å²) in [4.78, 5) is 3.80. The SMILES string of the molecule is CC(C)(C)c1cc(-c2cccc3c2[nH]c2c4ccccc4oc32)c2c(c1)-n1c3c(cccc3c3sc4ccccc4c31)[B]2. The number of rotatable bonds is 1. The molecule has 5 heterocycles. The molecule has 0 saturated carbocycles. The Labute approximate surface area is 252 Å². The van der Waals surface area contributed by atoms with Crippen molar-refractivity contribution < 1.29 is 4.42 Å². The Kier molecular flexibility index (Phi) is 4.43. The maximum atomic E-state index is 6.40. The van der Waals surface area contributed by atoms with Gasteiger partial charge in [-0.3, -0.25) is 0 Å². The highest BCUT2D eigenvalue weighted by Gasteiger charge is 2.30. The summed E-state index contributed by atoms with van der Waals surface area (Å²) < 4.78 is 11.6. The zero-order valence-electron chi connectivity index (χ0n) is 24.1. The van der Waals surface area contributed by atoms with Crippen LogP contribution in [0.2, 0.25) is 0 Å². The quantitative estimate of drug-likeness (QED) is 0.197. The molecular weight excluding hydrogens is 543 g/mol. The van der Waals surface area contributed by atoms with E-state index in [1.165, 1.54) is 64.5 Å². The number of aromatic amines is 1. The third kappa shape index (κ3) is 3.05. The van der Waals surface area contributed by atoms with E-state index >= 15 is 0 Å². The number of hydrogen-bond donors (Lipinski definition) is 1. The topological polar surface area (TPSA) is 33.9 Å². The second-order valence-electron chi connectivity index (χ2n) is 12.9. The van der Waals surface area contributed by atoms with Gasteiger partial charge in [0.25, 0.3) is 0 Å². The Morgan fingerprint density at radius 1 is 0.721 bits per heavy atom. The molecule has 1 aliphatic heterocycles. The van der Waals surface area contributed by atoms with Gasteiger partial charge in [-0.15, -0.1) is 11.3 Å². The number of aromatic nitrogens is 2. The summed E-state index contributed by atoms with van der Waals surface area (Å²) in [6, 6.07) is 35.4. The van der Waals surface area contributed by atoms with Gasteiger partial charge in [-0.25, -0.2) is 0 Å². The summed E-state index contributed by atoms with van der Waals surface area (Å²) >= 11 is 1.90. The third-order valence-corrected chi connectivity index (χ3v) is 10.5. The second kappa shape index (κ2) is 8.00. The van der Waals surface area contributed by atoms with Crippen LogP contribution in [0.1, 0.15) is 26.3 Å². The van der Waals surface area contributed by atoms with Gasteiger partial charge in [-0.1, -0.05) is 93.0 Å². The number of benzene rings is 5. The minimum absolute atomic E-state index is 0.0315. The molecule has 4 aromatic heterocycles. The lowest BCUT2D eigenvalue weighted by molar-refractivity contribution is 0.590. The van der Waals surface area contributed by atoms with Gasteiger partial charge in [-0.2, -0.15) is 0 Å². The molecule has 9 aromatic rings. The number of para-hydroxylation sites is 3. The molecule has 0 aliphatic carbocycles. The first kappa shape index (κ1) is 23.8. The Balaban J connectivity index is 1.35. The van der Waals surface area contributed by atoms with E-state index in [9.17, 15) is 0 Å². The van der Waals surface area contributed by atoms with Gasteiger partial charge in [0.1, 0.15) is 5.58 Å². The van der Waals surface area contributed by atoms with E-state index in [-0.39, 0.29) is 5.41 Å². The lowest BCUT2D eigenvalue weighted by Crippen LogP contribution is -2.38. The van der Waals surface area contributed by atoms with E-state index < -0.39 is 0 Å². The minimum Gasteiger partial charge on any atom is -0.454 e. The van der Waals surface area contributed by atoms with Crippen LogP contribution in [-0.2, 0) is 5.41 Å². The summed E-state index contributed by atoms with van der Waals surface area (Å²) in [6.45, 7) is 6.94. The highest BCUT2D eigenvalue weighted by molar-refractivity contribution is 7.26. The molecule has 0 unspecified atom stereocenters. The van der Waals surface area contributed by atoms with E-state index in [1.807, 2.05) is 23.5 Å². The normalized spacial score (nSPS) is 13.2. The molecule has 0 fully saturated rings. The van der Waals surface area contributed by atoms with Crippen LogP contribution in [0.4, 0.5) is 0 Å². The monoisotopic (exact) mass is 569 g/mol. The van der Waals surface area contributed by atoms with Crippen molar-refractivity contribution in [3.63, 3.8) is 0 Å².